The maximum absolute atomic E-state index is 9.65. The van der Waals surface area contributed by atoms with Crippen molar-refractivity contribution in [2.75, 3.05) is 6.61 Å². The molecule has 0 aromatic heterocycles. The molecule has 31 heavy (non-hydrogen) atoms. The van der Waals surface area contributed by atoms with Crippen molar-refractivity contribution in [3.8, 4) is 0 Å². The summed E-state index contributed by atoms with van der Waals surface area (Å²) < 4.78 is 0. The molecule has 0 fully saturated rings. The zero-order valence-electron chi connectivity index (χ0n) is 22.1. The molecule has 0 heterocycles. The first-order valence-corrected chi connectivity index (χ1v) is 15.0. The number of aliphatic hydroxyl groups is 1. The highest BCUT2D eigenvalue weighted by molar-refractivity contribution is 4.60. The minimum absolute atomic E-state index is 0.412. The van der Waals surface area contributed by atoms with E-state index in [1.165, 1.54) is 167 Å². The van der Waals surface area contributed by atoms with Crippen molar-refractivity contribution in [2.24, 2.45) is 5.92 Å². The maximum Gasteiger partial charge on any atom is 0.0459 e. The molecule has 0 aliphatic carbocycles. The van der Waals surface area contributed by atoms with Gasteiger partial charge in [0, 0.05) is 6.61 Å². The zero-order valence-corrected chi connectivity index (χ0v) is 22.1. The first-order chi connectivity index (χ1) is 15.3. The van der Waals surface area contributed by atoms with Gasteiger partial charge in [-0.3, -0.25) is 0 Å². The zero-order chi connectivity index (χ0) is 22.7. The Morgan fingerprint density at radius 2 is 0.581 bits per heavy atom. The molecule has 1 atom stereocenters. The van der Waals surface area contributed by atoms with E-state index in [0.29, 0.717) is 12.5 Å². The van der Waals surface area contributed by atoms with Crippen molar-refractivity contribution in [2.45, 2.75) is 181 Å². The number of hydrogen-bond acceptors (Lipinski definition) is 1. The highest BCUT2D eigenvalue weighted by Crippen LogP contribution is 2.19. The van der Waals surface area contributed by atoms with Gasteiger partial charge in [-0.2, -0.15) is 0 Å². The van der Waals surface area contributed by atoms with Gasteiger partial charge in [-0.15, -0.1) is 0 Å². The van der Waals surface area contributed by atoms with E-state index >= 15 is 0 Å². The Bertz CT molecular complexity index is 301. The Labute approximate surface area is 198 Å². The summed E-state index contributed by atoms with van der Waals surface area (Å²) in [6.07, 6.45) is 36.6. The van der Waals surface area contributed by atoms with Crippen LogP contribution in [0, 0.1) is 5.92 Å². The molecule has 0 radical (unpaired) electrons. The molecule has 0 bridgehead atoms. The molecule has 0 aliphatic rings. The SMILES string of the molecule is CCCCCCCCCCCCCCCCCCC(CO)CCCCCCCCCC. The fourth-order valence-electron chi connectivity index (χ4n) is 4.87. The Kier molecular flexibility index (Phi) is 28.0. The summed E-state index contributed by atoms with van der Waals surface area (Å²) in [6, 6.07) is 0. The standard InChI is InChI=1S/C30H62O/c1-3-5-7-9-11-13-14-15-16-17-18-19-20-22-24-26-28-30(29-31)27-25-23-21-12-10-8-6-4-2/h30-31H,3-29H2,1-2H3. The van der Waals surface area contributed by atoms with Crippen LogP contribution < -0.4 is 0 Å². The van der Waals surface area contributed by atoms with Crippen LogP contribution in [0.4, 0.5) is 0 Å². The molecule has 0 spiro atoms. The molecular formula is C30H62O. The molecule has 1 heteroatoms. The fraction of sp³-hybridized carbons (Fsp3) is 1.00. The van der Waals surface area contributed by atoms with Crippen molar-refractivity contribution >= 4 is 0 Å². The second-order valence-corrected chi connectivity index (χ2v) is 10.4. The third kappa shape index (κ3) is 26.1. The van der Waals surface area contributed by atoms with Gasteiger partial charge in [0.05, 0.1) is 0 Å². The van der Waals surface area contributed by atoms with Crippen molar-refractivity contribution in [3.05, 3.63) is 0 Å². The van der Waals surface area contributed by atoms with Crippen LogP contribution in [-0.2, 0) is 0 Å². The lowest BCUT2D eigenvalue weighted by molar-refractivity contribution is 0.204. The molecule has 0 aromatic rings. The molecule has 1 N–H and O–H groups in total. The summed E-state index contributed by atoms with van der Waals surface area (Å²) in [7, 11) is 0. The normalized spacial score (nSPS) is 12.5. The van der Waals surface area contributed by atoms with Gasteiger partial charge in [-0.1, -0.05) is 168 Å². The average molecular weight is 439 g/mol. The predicted octanol–water partition coefficient (Wildman–Crippen LogP) is 10.8. The lowest BCUT2D eigenvalue weighted by Gasteiger charge is -2.13. The maximum atomic E-state index is 9.65. The van der Waals surface area contributed by atoms with Crippen molar-refractivity contribution < 1.29 is 5.11 Å². The van der Waals surface area contributed by atoms with Crippen LogP contribution in [0.15, 0.2) is 0 Å². The van der Waals surface area contributed by atoms with E-state index in [1.807, 2.05) is 0 Å². The van der Waals surface area contributed by atoms with Crippen LogP contribution in [0.5, 0.6) is 0 Å². The topological polar surface area (TPSA) is 20.2 Å². The van der Waals surface area contributed by atoms with E-state index in [-0.39, 0.29) is 0 Å². The van der Waals surface area contributed by atoms with E-state index in [2.05, 4.69) is 13.8 Å². The molecule has 0 aromatic carbocycles. The van der Waals surface area contributed by atoms with E-state index in [4.69, 9.17) is 0 Å². The van der Waals surface area contributed by atoms with Crippen LogP contribution in [0.2, 0.25) is 0 Å². The first-order valence-electron chi connectivity index (χ1n) is 15.0. The Morgan fingerprint density at radius 3 is 0.806 bits per heavy atom. The smallest absolute Gasteiger partial charge is 0.0459 e. The van der Waals surface area contributed by atoms with Gasteiger partial charge in [-0.05, 0) is 18.8 Å². The van der Waals surface area contributed by atoms with E-state index < -0.39 is 0 Å². The van der Waals surface area contributed by atoms with Gasteiger partial charge < -0.3 is 5.11 Å². The molecule has 188 valence electrons. The minimum atomic E-state index is 0.412. The summed E-state index contributed by atoms with van der Waals surface area (Å²) >= 11 is 0. The van der Waals surface area contributed by atoms with Gasteiger partial charge in [0.15, 0.2) is 0 Å². The van der Waals surface area contributed by atoms with E-state index in [0.717, 1.165) is 0 Å². The highest BCUT2D eigenvalue weighted by atomic mass is 16.3. The van der Waals surface area contributed by atoms with Crippen LogP contribution in [-0.4, -0.2) is 11.7 Å². The van der Waals surface area contributed by atoms with Crippen molar-refractivity contribution in [1.82, 2.24) is 0 Å². The first kappa shape index (κ1) is 31.0. The third-order valence-corrected chi connectivity index (χ3v) is 7.19. The van der Waals surface area contributed by atoms with Gasteiger partial charge in [0.25, 0.3) is 0 Å². The molecule has 0 aliphatic heterocycles. The molecule has 1 nitrogen and oxygen atoms in total. The van der Waals surface area contributed by atoms with Gasteiger partial charge in [0.2, 0.25) is 0 Å². The minimum Gasteiger partial charge on any atom is -0.396 e. The fourth-order valence-corrected chi connectivity index (χ4v) is 4.87. The number of aliphatic hydroxyl groups excluding tert-OH is 1. The quantitative estimate of drug-likeness (QED) is 0.126. The monoisotopic (exact) mass is 438 g/mol. The number of rotatable bonds is 27. The molecular weight excluding hydrogens is 376 g/mol. The molecule has 0 saturated heterocycles. The largest absolute Gasteiger partial charge is 0.396 e. The second-order valence-electron chi connectivity index (χ2n) is 10.4. The van der Waals surface area contributed by atoms with Crippen LogP contribution in [0.3, 0.4) is 0 Å². The molecule has 0 saturated carbocycles. The average Bonchev–Trinajstić information content (AvgIpc) is 2.79. The van der Waals surface area contributed by atoms with Gasteiger partial charge in [-0.25, -0.2) is 0 Å². The Hall–Kier alpha value is -0.0400. The number of hydrogen-bond donors (Lipinski definition) is 1. The van der Waals surface area contributed by atoms with Gasteiger partial charge in [0.1, 0.15) is 0 Å². The molecule has 0 amide bonds. The van der Waals surface area contributed by atoms with Crippen LogP contribution in [0.1, 0.15) is 181 Å². The highest BCUT2D eigenvalue weighted by Gasteiger charge is 2.07. The summed E-state index contributed by atoms with van der Waals surface area (Å²) in [5.41, 5.74) is 0. The lowest BCUT2D eigenvalue weighted by atomic mass is 9.94. The van der Waals surface area contributed by atoms with E-state index in [9.17, 15) is 5.11 Å². The van der Waals surface area contributed by atoms with Crippen LogP contribution in [0.25, 0.3) is 0 Å². The second kappa shape index (κ2) is 28.0. The summed E-state index contributed by atoms with van der Waals surface area (Å²) in [5.74, 6) is 0.576. The Morgan fingerprint density at radius 1 is 0.355 bits per heavy atom. The summed E-state index contributed by atoms with van der Waals surface area (Å²) in [6.45, 7) is 5.00. The predicted molar refractivity (Wildman–Crippen MR) is 142 cm³/mol. The third-order valence-electron chi connectivity index (χ3n) is 7.19. The molecule has 1 unspecified atom stereocenters. The van der Waals surface area contributed by atoms with Crippen molar-refractivity contribution in [1.29, 1.82) is 0 Å². The summed E-state index contributed by atoms with van der Waals surface area (Å²) in [5, 5.41) is 9.65. The summed E-state index contributed by atoms with van der Waals surface area (Å²) in [4.78, 5) is 0. The number of unbranched alkanes of at least 4 members (excludes halogenated alkanes) is 22. The van der Waals surface area contributed by atoms with Gasteiger partial charge >= 0.3 is 0 Å². The lowest BCUT2D eigenvalue weighted by Crippen LogP contribution is -2.06. The molecule has 0 rings (SSSR count). The Balaban J connectivity index is 3.23. The van der Waals surface area contributed by atoms with Crippen LogP contribution >= 0.6 is 0 Å². The van der Waals surface area contributed by atoms with Crippen molar-refractivity contribution in [3.63, 3.8) is 0 Å². The van der Waals surface area contributed by atoms with E-state index in [1.54, 1.807) is 0 Å².